The highest BCUT2D eigenvalue weighted by molar-refractivity contribution is 5.96. The molecule has 0 aliphatic carbocycles. The fraction of sp³-hybridized carbons (Fsp3) is 0.182. The molecular formula is C22H21N3O2. The number of para-hydroxylation sites is 1. The number of nitrogens with zero attached hydrogens (tertiary/aromatic N) is 1. The van der Waals surface area contributed by atoms with Crippen LogP contribution in [0.15, 0.2) is 54.7 Å². The highest BCUT2D eigenvalue weighted by Gasteiger charge is 2.10. The van der Waals surface area contributed by atoms with Crippen molar-refractivity contribution in [1.29, 1.82) is 0 Å². The molecule has 1 heterocycles. The highest BCUT2D eigenvalue weighted by atomic mass is 16.2. The number of rotatable bonds is 4. The number of nitrogens with one attached hydrogen (secondary N) is 2. The SMILES string of the molecule is CNC(=O)c1ccccc1C#CCNC(=O)Cc1cn(C)c2ccccc12. The average molecular weight is 359 g/mol. The maximum atomic E-state index is 12.2. The Balaban J connectivity index is 1.63. The summed E-state index contributed by atoms with van der Waals surface area (Å²) in [6.07, 6.45) is 2.29. The number of hydrogen-bond donors (Lipinski definition) is 2. The van der Waals surface area contributed by atoms with E-state index in [2.05, 4.69) is 22.5 Å². The van der Waals surface area contributed by atoms with Gasteiger partial charge in [-0.3, -0.25) is 9.59 Å². The zero-order chi connectivity index (χ0) is 19.2. The van der Waals surface area contributed by atoms with Gasteiger partial charge in [0, 0.05) is 36.8 Å². The van der Waals surface area contributed by atoms with Crippen LogP contribution in [-0.2, 0) is 18.3 Å². The number of carbonyl (C=O) groups excluding carboxylic acids is 2. The molecule has 0 aliphatic heterocycles. The summed E-state index contributed by atoms with van der Waals surface area (Å²) in [5.41, 5.74) is 3.25. The molecule has 2 aromatic carbocycles. The summed E-state index contributed by atoms with van der Waals surface area (Å²) in [6.45, 7) is 0.228. The third-order valence-corrected chi connectivity index (χ3v) is 4.33. The first-order valence-electron chi connectivity index (χ1n) is 8.69. The molecule has 0 atom stereocenters. The minimum atomic E-state index is -0.181. The Morgan fingerprint density at radius 3 is 2.63 bits per heavy atom. The molecule has 0 spiro atoms. The van der Waals surface area contributed by atoms with Crippen LogP contribution in [0, 0.1) is 11.8 Å². The van der Waals surface area contributed by atoms with Crippen LogP contribution in [-0.4, -0.2) is 30.0 Å². The predicted molar refractivity (Wildman–Crippen MR) is 106 cm³/mol. The quantitative estimate of drug-likeness (QED) is 0.702. The highest BCUT2D eigenvalue weighted by Crippen LogP contribution is 2.20. The van der Waals surface area contributed by atoms with Crippen LogP contribution < -0.4 is 10.6 Å². The van der Waals surface area contributed by atoms with Crippen LogP contribution in [0.2, 0.25) is 0 Å². The Bertz CT molecular complexity index is 1050. The van der Waals surface area contributed by atoms with E-state index in [1.54, 1.807) is 25.2 Å². The van der Waals surface area contributed by atoms with Gasteiger partial charge in [-0.05, 0) is 23.8 Å². The van der Waals surface area contributed by atoms with Crippen LogP contribution >= 0.6 is 0 Å². The average Bonchev–Trinajstić information content (AvgIpc) is 3.01. The third kappa shape index (κ3) is 4.18. The summed E-state index contributed by atoms with van der Waals surface area (Å²) in [6, 6.07) is 15.1. The van der Waals surface area contributed by atoms with Crippen LogP contribution in [0.5, 0.6) is 0 Å². The second-order valence-corrected chi connectivity index (χ2v) is 6.16. The van der Waals surface area contributed by atoms with Gasteiger partial charge < -0.3 is 15.2 Å². The Hall–Kier alpha value is -3.52. The van der Waals surface area contributed by atoms with E-state index in [0.29, 0.717) is 17.5 Å². The normalized spacial score (nSPS) is 10.1. The zero-order valence-corrected chi connectivity index (χ0v) is 15.4. The van der Waals surface area contributed by atoms with Crippen molar-refractivity contribution in [3.8, 4) is 11.8 Å². The fourth-order valence-corrected chi connectivity index (χ4v) is 3.01. The van der Waals surface area contributed by atoms with Crippen LogP contribution in [0.3, 0.4) is 0 Å². The van der Waals surface area contributed by atoms with Crippen molar-refractivity contribution < 1.29 is 9.59 Å². The second kappa shape index (κ2) is 8.24. The summed E-state index contributed by atoms with van der Waals surface area (Å²) >= 11 is 0. The van der Waals surface area contributed by atoms with Crippen molar-refractivity contribution in [2.45, 2.75) is 6.42 Å². The Kier molecular flexibility index (Phi) is 5.58. The molecule has 0 unspecified atom stereocenters. The first-order valence-corrected chi connectivity index (χ1v) is 8.69. The van der Waals surface area contributed by atoms with E-state index >= 15 is 0 Å². The largest absolute Gasteiger partial charge is 0.355 e. The maximum Gasteiger partial charge on any atom is 0.252 e. The lowest BCUT2D eigenvalue weighted by Gasteiger charge is -2.02. The van der Waals surface area contributed by atoms with Gasteiger partial charge in [-0.1, -0.05) is 42.2 Å². The maximum absolute atomic E-state index is 12.2. The predicted octanol–water partition coefficient (Wildman–Crippen LogP) is 2.25. The van der Waals surface area contributed by atoms with E-state index in [1.165, 1.54) is 0 Å². The zero-order valence-electron chi connectivity index (χ0n) is 15.4. The molecule has 136 valence electrons. The molecule has 5 nitrogen and oxygen atoms in total. The topological polar surface area (TPSA) is 63.1 Å². The summed E-state index contributed by atoms with van der Waals surface area (Å²) in [5.74, 6) is 5.60. The van der Waals surface area contributed by atoms with Gasteiger partial charge in [0.25, 0.3) is 5.91 Å². The van der Waals surface area contributed by atoms with Crippen molar-refractivity contribution in [2.75, 3.05) is 13.6 Å². The molecule has 2 amide bonds. The molecule has 0 fully saturated rings. The fourth-order valence-electron chi connectivity index (χ4n) is 3.01. The van der Waals surface area contributed by atoms with Gasteiger partial charge in [-0.2, -0.15) is 0 Å². The van der Waals surface area contributed by atoms with Crippen molar-refractivity contribution in [2.24, 2.45) is 7.05 Å². The molecule has 3 aromatic rings. The lowest BCUT2D eigenvalue weighted by molar-refractivity contribution is -0.120. The van der Waals surface area contributed by atoms with E-state index in [1.807, 2.05) is 48.1 Å². The van der Waals surface area contributed by atoms with Gasteiger partial charge >= 0.3 is 0 Å². The number of hydrogen-bond acceptors (Lipinski definition) is 2. The summed E-state index contributed by atoms with van der Waals surface area (Å²) < 4.78 is 2.02. The summed E-state index contributed by atoms with van der Waals surface area (Å²) in [7, 11) is 3.55. The summed E-state index contributed by atoms with van der Waals surface area (Å²) in [4.78, 5) is 24.1. The van der Waals surface area contributed by atoms with Gasteiger partial charge in [0.05, 0.1) is 18.5 Å². The number of aryl methyl sites for hydroxylation is 1. The van der Waals surface area contributed by atoms with Crippen molar-refractivity contribution >= 4 is 22.7 Å². The number of aromatic nitrogens is 1. The van der Waals surface area contributed by atoms with Crippen molar-refractivity contribution in [1.82, 2.24) is 15.2 Å². The smallest absolute Gasteiger partial charge is 0.252 e. The molecule has 0 saturated carbocycles. The molecule has 1 aromatic heterocycles. The minimum Gasteiger partial charge on any atom is -0.355 e. The van der Waals surface area contributed by atoms with Crippen molar-refractivity contribution in [3.63, 3.8) is 0 Å². The van der Waals surface area contributed by atoms with Crippen molar-refractivity contribution in [3.05, 3.63) is 71.4 Å². The van der Waals surface area contributed by atoms with Gasteiger partial charge in [0.15, 0.2) is 0 Å². The molecule has 0 bridgehead atoms. The molecular weight excluding hydrogens is 338 g/mol. The van der Waals surface area contributed by atoms with Crippen LogP contribution in [0.1, 0.15) is 21.5 Å². The molecule has 3 rings (SSSR count). The lowest BCUT2D eigenvalue weighted by atomic mass is 10.1. The number of carbonyl (C=O) groups is 2. The molecule has 0 aliphatic rings. The van der Waals surface area contributed by atoms with E-state index < -0.39 is 0 Å². The summed E-state index contributed by atoms with van der Waals surface area (Å²) in [5, 5.41) is 6.50. The van der Waals surface area contributed by atoms with Crippen LogP contribution in [0.4, 0.5) is 0 Å². The first-order chi connectivity index (χ1) is 13.1. The second-order valence-electron chi connectivity index (χ2n) is 6.16. The van der Waals surface area contributed by atoms with Gasteiger partial charge in [0.2, 0.25) is 5.91 Å². The van der Waals surface area contributed by atoms with Gasteiger partial charge in [-0.25, -0.2) is 0 Å². The molecule has 27 heavy (non-hydrogen) atoms. The molecule has 0 radical (unpaired) electrons. The van der Waals surface area contributed by atoms with E-state index in [-0.39, 0.29) is 18.4 Å². The number of fused-ring (bicyclic) bond motifs is 1. The lowest BCUT2D eigenvalue weighted by Crippen LogP contribution is -2.25. The van der Waals surface area contributed by atoms with Crippen LogP contribution in [0.25, 0.3) is 10.9 Å². The Morgan fingerprint density at radius 2 is 1.81 bits per heavy atom. The molecule has 5 heteroatoms. The number of benzene rings is 2. The molecule has 0 saturated heterocycles. The Labute approximate surface area is 158 Å². The monoisotopic (exact) mass is 359 g/mol. The standard InChI is InChI=1S/C22H21N3O2/c1-23-22(27)19-11-4-3-8-16(19)9-7-13-24-21(26)14-17-15-25(2)20-12-6-5-10-18(17)20/h3-6,8,10-12,15H,13-14H2,1-2H3,(H,23,27)(H,24,26). The number of amides is 2. The van der Waals surface area contributed by atoms with E-state index in [0.717, 1.165) is 16.5 Å². The molecule has 2 N–H and O–H groups in total. The van der Waals surface area contributed by atoms with Gasteiger partial charge in [0.1, 0.15) is 0 Å². The minimum absolute atomic E-state index is 0.0831. The van der Waals surface area contributed by atoms with Gasteiger partial charge in [-0.15, -0.1) is 0 Å². The third-order valence-electron chi connectivity index (χ3n) is 4.33. The first kappa shape index (κ1) is 18.3. The Morgan fingerprint density at radius 1 is 1.07 bits per heavy atom. The van der Waals surface area contributed by atoms with E-state index in [4.69, 9.17) is 0 Å². The van der Waals surface area contributed by atoms with E-state index in [9.17, 15) is 9.59 Å².